The van der Waals surface area contributed by atoms with Gasteiger partial charge >= 0.3 is 0 Å². The highest BCUT2D eigenvalue weighted by molar-refractivity contribution is 8.00. The summed E-state index contributed by atoms with van der Waals surface area (Å²) in [6.45, 7) is 1.62. The van der Waals surface area contributed by atoms with Gasteiger partial charge in [-0.1, -0.05) is 42.5 Å². The van der Waals surface area contributed by atoms with Crippen molar-refractivity contribution in [1.29, 1.82) is 0 Å². The minimum atomic E-state index is -0.468. The van der Waals surface area contributed by atoms with Gasteiger partial charge in [-0.3, -0.25) is 4.79 Å². The van der Waals surface area contributed by atoms with Gasteiger partial charge in [0.15, 0.2) is 0 Å². The number of benzene rings is 2. The van der Waals surface area contributed by atoms with Crippen LogP contribution >= 0.6 is 11.8 Å². The highest BCUT2D eigenvalue weighted by Crippen LogP contribution is 2.36. The Morgan fingerprint density at radius 2 is 1.96 bits per heavy atom. The Bertz CT molecular complexity index is 674. The lowest BCUT2D eigenvalue weighted by Crippen LogP contribution is -2.38. The van der Waals surface area contributed by atoms with Crippen LogP contribution in [0.4, 0.5) is 4.39 Å². The van der Waals surface area contributed by atoms with E-state index in [0.717, 1.165) is 24.9 Å². The number of nitrogens with one attached hydrogen (secondary N) is 2. The summed E-state index contributed by atoms with van der Waals surface area (Å²) in [5.74, 6) is -0.378. The van der Waals surface area contributed by atoms with E-state index in [0.29, 0.717) is 17.5 Å². The summed E-state index contributed by atoms with van der Waals surface area (Å²) in [7, 11) is 0. The zero-order valence-electron chi connectivity index (χ0n) is 13.4. The van der Waals surface area contributed by atoms with Gasteiger partial charge in [-0.15, -0.1) is 11.8 Å². The normalized spacial score (nSPS) is 18.3. The van der Waals surface area contributed by atoms with Crippen LogP contribution in [-0.4, -0.2) is 25.0 Å². The Labute approximate surface area is 146 Å². The van der Waals surface area contributed by atoms with E-state index in [-0.39, 0.29) is 11.7 Å². The van der Waals surface area contributed by atoms with Crippen LogP contribution in [0, 0.1) is 5.82 Å². The fraction of sp³-hybridized carbons (Fsp3) is 0.316. The number of carbonyl (C=O) groups excluding carboxylic acids is 1. The second-order valence-electron chi connectivity index (χ2n) is 5.88. The summed E-state index contributed by atoms with van der Waals surface area (Å²) in [5.41, 5.74) is 0.877. The van der Waals surface area contributed by atoms with Crippen LogP contribution < -0.4 is 10.6 Å². The molecule has 0 aliphatic carbocycles. The van der Waals surface area contributed by atoms with Gasteiger partial charge in [0.2, 0.25) is 5.91 Å². The second-order valence-corrected chi connectivity index (χ2v) is 7.02. The second kappa shape index (κ2) is 8.31. The van der Waals surface area contributed by atoms with Gasteiger partial charge in [0.25, 0.3) is 0 Å². The van der Waals surface area contributed by atoms with Crippen LogP contribution in [-0.2, 0) is 4.79 Å². The predicted octanol–water partition coefficient (Wildman–Crippen LogP) is 3.53. The van der Waals surface area contributed by atoms with Gasteiger partial charge < -0.3 is 10.6 Å². The van der Waals surface area contributed by atoms with Crippen LogP contribution in [0.3, 0.4) is 0 Å². The number of carbonyl (C=O) groups is 1. The molecular weight excluding hydrogens is 323 g/mol. The van der Waals surface area contributed by atoms with Crippen molar-refractivity contribution < 1.29 is 9.18 Å². The summed E-state index contributed by atoms with van der Waals surface area (Å²) in [6.07, 6.45) is 2.23. The van der Waals surface area contributed by atoms with E-state index in [9.17, 15) is 9.18 Å². The van der Waals surface area contributed by atoms with E-state index >= 15 is 0 Å². The minimum absolute atomic E-state index is 0.0804. The average Bonchev–Trinajstić information content (AvgIpc) is 3.13. The van der Waals surface area contributed by atoms with Crippen molar-refractivity contribution in [1.82, 2.24) is 10.6 Å². The SMILES string of the molecule is O=C(NCC1CCCN1)C(Sc1ccccc1F)c1ccccc1. The van der Waals surface area contributed by atoms with Gasteiger partial charge in [-0.05, 0) is 37.1 Å². The maximum Gasteiger partial charge on any atom is 0.238 e. The fourth-order valence-corrected chi connectivity index (χ4v) is 3.89. The maximum absolute atomic E-state index is 14.0. The molecule has 0 radical (unpaired) electrons. The first-order chi connectivity index (χ1) is 11.7. The zero-order chi connectivity index (χ0) is 16.8. The van der Waals surface area contributed by atoms with Crippen LogP contribution in [0.2, 0.25) is 0 Å². The number of halogens is 1. The van der Waals surface area contributed by atoms with Crippen molar-refractivity contribution in [3.63, 3.8) is 0 Å². The van der Waals surface area contributed by atoms with E-state index in [1.807, 2.05) is 30.3 Å². The third-order valence-corrected chi connectivity index (χ3v) is 5.41. The Morgan fingerprint density at radius 3 is 2.67 bits per heavy atom. The molecule has 1 amide bonds. The van der Waals surface area contributed by atoms with Crippen LogP contribution in [0.25, 0.3) is 0 Å². The Hall–Kier alpha value is -1.85. The maximum atomic E-state index is 14.0. The monoisotopic (exact) mass is 344 g/mol. The molecule has 1 aliphatic rings. The molecular formula is C19H21FN2OS. The van der Waals surface area contributed by atoms with Gasteiger partial charge in [0.1, 0.15) is 11.1 Å². The molecule has 1 fully saturated rings. The summed E-state index contributed by atoms with van der Waals surface area (Å²) in [6, 6.07) is 16.4. The van der Waals surface area contributed by atoms with Crippen molar-refractivity contribution in [3.05, 3.63) is 66.0 Å². The molecule has 3 rings (SSSR count). The van der Waals surface area contributed by atoms with Crippen molar-refractivity contribution in [3.8, 4) is 0 Å². The highest BCUT2D eigenvalue weighted by Gasteiger charge is 2.24. The molecule has 5 heteroatoms. The lowest BCUT2D eigenvalue weighted by molar-refractivity contribution is -0.120. The molecule has 0 aromatic heterocycles. The molecule has 0 spiro atoms. The van der Waals surface area contributed by atoms with E-state index in [2.05, 4.69) is 10.6 Å². The number of amides is 1. The molecule has 2 aromatic carbocycles. The molecule has 3 nitrogen and oxygen atoms in total. The number of rotatable bonds is 6. The number of hydrogen-bond donors (Lipinski definition) is 2. The molecule has 0 saturated carbocycles. The lowest BCUT2D eigenvalue weighted by atomic mass is 10.1. The topological polar surface area (TPSA) is 41.1 Å². The first kappa shape index (κ1) is 17.0. The van der Waals surface area contributed by atoms with Crippen molar-refractivity contribution in [2.75, 3.05) is 13.1 Å². The van der Waals surface area contributed by atoms with Crippen LogP contribution in [0.15, 0.2) is 59.5 Å². The van der Waals surface area contributed by atoms with Crippen LogP contribution in [0.1, 0.15) is 23.7 Å². The summed E-state index contributed by atoms with van der Waals surface area (Å²) in [4.78, 5) is 13.2. The van der Waals surface area contributed by atoms with Crippen molar-refractivity contribution in [2.45, 2.75) is 29.0 Å². The summed E-state index contributed by atoms with van der Waals surface area (Å²) < 4.78 is 14.0. The van der Waals surface area contributed by atoms with Gasteiger partial charge in [0, 0.05) is 17.5 Å². The van der Waals surface area contributed by atoms with E-state index in [4.69, 9.17) is 0 Å². The summed E-state index contributed by atoms with van der Waals surface area (Å²) in [5, 5.41) is 5.92. The molecule has 2 unspecified atom stereocenters. The number of hydrogen-bond acceptors (Lipinski definition) is 3. The Balaban J connectivity index is 1.74. The Morgan fingerprint density at radius 1 is 1.21 bits per heavy atom. The van der Waals surface area contributed by atoms with Crippen molar-refractivity contribution in [2.24, 2.45) is 0 Å². The van der Waals surface area contributed by atoms with Crippen LogP contribution in [0.5, 0.6) is 0 Å². The molecule has 24 heavy (non-hydrogen) atoms. The predicted molar refractivity (Wildman–Crippen MR) is 95.5 cm³/mol. The Kier molecular flexibility index (Phi) is 5.88. The molecule has 1 saturated heterocycles. The number of thioether (sulfide) groups is 1. The molecule has 1 aliphatic heterocycles. The molecule has 2 atom stereocenters. The largest absolute Gasteiger partial charge is 0.353 e. The molecule has 2 aromatic rings. The van der Waals surface area contributed by atoms with Gasteiger partial charge in [0.05, 0.1) is 0 Å². The third kappa shape index (κ3) is 4.36. The first-order valence-corrected chi connectivity index (χ1v) is 9.09. The van der Waals surface area contributed by atoms with Gasteiger partial charge in [-0.2, -0.15) is 0 Å². The van der Waals surface area contributed by atoms with E-state index < -0.39 is 5.25 Å². The molecule has 0 bridgehead atoms. The average molecular weight is 344 g/mol. The summed E-state index contributed by atoms with van der Waals surface area (Å²) >= 11 is 1.25. The first-order valence-electron chi connectivity index (χ1n) is 8.21. The minimum Gasteiger partial charge on any atom is -0.353 e. The zero-order valence-corrected chi connectivity index (χ0v) is 14.2. The molecule has 126 valence electrons. The molecule has 1 heterocycles. The highest BCUT2D eigenvalue weighted by atomic mass is 32.2. The molecule has 2 N–H and O–H groups in total. The van der Waals surface area contributed by atoms with Crippen molar-refractivity contribution >= 4 is 17.7 Å². The lowest BCUT2D eigenvalue weighted by Gasteiger charge is -2.19. The third-order valence-electron chi connectivity index (χ3n) is 4.11. The fourth-order valence-electron chi connectivity index (χ4n) is 2.82. The smallest absolute Gasteiger partial charge is 0.238 e. The van der Waals surface area contributed by atoms with E-state index in [1.165, 1.54) is 17.8 Å². The van der Waals surface area contributed by atoms with E-state index in [1.54, 1.807) is 18.2 Å². The quantitative estimate of drug-likeness (QED) is 0.788. The standard InChI is InChI=1S/C19H21FN2OS/c20-16-10-4-5-11-17(16)24-18(14-7-2-1-3-8-14)19(23)22-13-15-9-6-12-21-15/h1-5,7-8,10-11,15,18,21H,6,9,12-13H2,(H,22,23). The van der Waals surface area contributed by atoms with Gasteiger partial charge in [-0.25, -0.2) is 4.39 Å².